The summed E-state index contributed by atoms with van der Waals surface area (Å²) in [5.74, 6) is 0. The molecule has 1 aliphatic carbocycles. The lowest BCUT2D eigenvalue weighted by atomic mass is 10.2. The summed E-state index contributed by atoms with van der Waals surface area (Å²) in [7, 11) is 0. The molecule has 0 heteroatoms. The standard InChI is InChI=1S/C8H10/c1-2-4-6-8-7-5-3-1/h1-6H,7-8H2/b2-1+,5-3-,6-4-. The van der Waals surface area contributed by atoms with E-state index in [0.29, 0.717) is 0 Å². The Kier molecular flexibility index (Phi) is 2.18. The zero-order chi connectivity index (χ0) is 5.66. The SMILES string of the molecule is C1=C\CC\C=C/C=C/1. The molecule has 0 aromatic heterocycles. The van der Waals surface area contributed by atoms with Gasteiger partial charge in [-0.05, 0) is 12.8 Å². The van der Waals surface area contributed by atoms with E-state index in [1.807, 2.05) is 0 Å². The van der Waals surface area contributed by atoms with Crippen LogP contribution in [0.1, 0.15) is 12.8 Å². The Morgan fingerprint density at radius 1 is 0.625 bits per heavy atom. The maximum Gasteiger partial charge on any atom is -0.0313 e. The molecule has 0 saturated heterocycles. The van der Waals surface area contributed by atoms with Crippen molar-refractivity contribution in [3.63, 3.8) is 0 Å². The lowest BCUT2D eigenvalue weighted by Crippen LogP contribution is -1.65. The first-order chi connectivity index (χ1) is 4.00. The quantitative estimate of drug-likeness (QED) is 0.445. The molecule has 0 nitrogen and oxygen atoms in total. The lowest BCUT2D eigenvalue weighted by Gasteiger charge is -1.86. The van der Waals surface area contributed by atoms with Crippen LogP contribution in [0.2, 0.25) is 0 Å². The van der Waals surface area contributed by atoms with Crippen LogP contribution in [0.3, 0.4) is 0 Å². The third-order valence-corrected chi connectivity index (χ3v) is 1.11. The van der Waals surface area contributed by atoms with Gasteiger partial charge in [-0.2, -0.15) is 0 Å². The fourth-order valence-corrected chi connectivity index (χ4v) is 0.670. The third-order valence-electron chi connectivity index (χ3n) is 1.11. The first-order valence-electron chi connectivity index (χ1n) is 2.98. The van der Waals surface area contributed by atoms with Crippen molar-refractivity contribution in [1.82, 2.24) is 0 Å². The summed E-state index contributed by atoms with van der Waals surface area (Å²) >= 11 is 0. The molecule has 0 radical (unpaired) electrons. The number of hydrogen-bond donors (Lipinski definition) is 0. The summed E-state index contributed by atoms with van der Waals surface area (Å²) in [4.78, 5) is 0. The molecule has 0 spiro atoms. The van der Waals surface area contributed by atoms with Crippen LogP contribution in [-0.4, -0.2) is 0 Å². The van der Waals surface area contributed by atoms with E-state index in [9.17, 15) is 0 Å². The van der Waals surface area contributed by atoms with Gasteiger partial charge >= 0.3 is 0 Å². The molecule has 0 saturated carbocycles. The molecule has 0 atom stereocenters. The van der Waals surface area contributed by atoms with Crippen molar-refractivity contribution in [3.8, 4) is 0 Å². The van der Waals surface area contributed by atoms with Gasteiger partial charge in [-0.25, -0.2) is 0 Å². The molecule has 0 bridgehead atoms. The highest BCUT2D eigenvalue weighted by Crippen LogP contribution is 1.96. The van der Waals surface area contributed by atoms with Crippen LogP contribution < -0.4 is 0 Å². The molecule has 0 unspecified atom stereocenters. The van der Waals surface area contributed by atoms with Crippen molar-refractivity contribution in [2.75, 3.05) is 0 Å². The van der Waals surface area contributed by atoms with Crippen molar-refractivity contribution in [2.45, 2.75) is 12.8 Å². The van der Waals surface area contributed by atoms with E-state index >= 15 is 0 Å². The zero-order valence-corrected chi connectivity index (χ0v) is 4.88. The van der Waals surface area contributed by atoms with Crippen molar-refractivity contribution >= 4 is 0 Å². The fraction of sp³-hybridized carbons (Fsp3) is 0.250. The van der Waals surface area contributed by atoms with Gasteiger partial charge in [-0.3, -0.25) is 0 Å². The first kappa shape index (κ1) is 5.36. The monoisotopic (exact) mass is 106 g/mol. The summed E-state index contributed by atoms with van der Waals surface area (Å²) < 4.78 is 0. The van der Waals surface area contributed by atoms with Gasteiger partial charge in [0.25, 0.3) is 0 Å². The predicted molar refractivity (Wildman–Crippen MR) is 36.7 cm³/mol. The van der Waals surface area contributed by atoms with Gasteiger partial charge in [-0.15, -0.1) is 0 Å². The number of hydrogen-bond acceptors (Lipinski definition) is 0. The minimum Gasteiger partial charge on any atom is -0.0842 e. The second-order valence-corrected chi connectivity index (χ2v) is 1.82. The van der Waals surface area contributed by atoms with Crippen LogP contribution in [0.5, 0.6) is 0 Å². The second-order valence-electron chi connectivity index (χ2n) is 1.82. The topological polar surface area (TPSA) is 0 Å². The minimum atomic E-state index is 1.18. The first-order valence-corrected chi connectivity index (χ1v) is 2.98. The van der Waals surface area contributed by atoms with E-state index in [1.165, 1.54) is 12.8 Å². The van der Waals surface area contributed by atoms with Crippen LogP contribution in [0.15, 0.2) is 36.5 Å². The Balaban J connectivity index is 2.51. The Morgan fingerprint density at radius 3 is 1.62 bits per heavy atom. The summed E-state index contributed by atoms with van der Waals surface area (Å²) in [6.45, 7) is 0. The summed E-state index contributed by atoms with van der Waals surface area (Å²) in [6, 6.07) is 0. The van der Waals surface area contributed by atoms with Crippen LogP contribution in [0.4, 0.5) is 0 Å². The molecule has 0 N–H and O–H groups in total. The lowest BCUT2D eigenvalue weighted by molar-refractivity contribution is 1.05. The Bertz CT molecular complexity index is 111. The van der Waals surface area contributed by atoms with E-state index in [2.05, 4.69) is 36.5 Å². The molecule has 8 heavy (non-hydrogen) atoms. The van der Waals surface area contributed by atoms with Gasteiger partial charge in [0.1, 0.15) is 0 Å². The average molecular weight is 106 g/mol. The molecule has 1 aliphatic rings. The molecule has 0 fully saturated rings. The average Bonchev–Trinajstić information content (AvgIpc) is 1.62. The molecule has 0 aromatic carbocycles. The molecule has 1 rings (SSSR count). The highest BCUT2D eigenvalue weighted by molar-refractivity contribution is 5.13. The fourth-order valence-electron chi connectivity index (χ4n) is 0.670. The Morgan fingerprint density at radius 2 is 1.12 bits per heavy atom. The van der Waals surface area contributed by atoms with Crippen LogP contribution in [-0.2, 0) is 0 Å². The van der Waals surface area contributed by atoms with Gasteiger partial charge in [-0.1, -0.05) is 36.5 Å². The summed E-state index contributed by atoms with van der Waals surface area (Å²) in [5, 5.41) is 0. The molecule has 0 aliphatic heterocycles. The van der Waals surface area contributed by atoms with Crippen molar-refractivity contribution in [1.29, 1.82) is 0 Å². The predicted octanol–water partition coefficient (Wildman–Crippen LogP) is 2.45. The van der Waals surface area contributed by atoms with E-state index in [0.717, 1.165) is 0 Å². The maximum absolute atomic E-state index is 2.18. The summed E-state index contributed by atoms with van der Waals surface area (Å²) in [5.41, 5.74) is 0. The molecule has 0 aromatic rings. The van der Waals surface area contributed by atoms with Crippen LogP contribution >= 0.6 is 0 Å². The van der Waals surface area contributed by atoms with Gasteiger partial charge in [0.15, 0.2) is 0 Å². The minimum absolute atomic E-state index is 1.18. The van der Waals surface area contributed by atoms with Crippen molar-refractivity contribution in [3.05, 3.63) is 36.5 Å². The number of rotatable bonds is 0. The van der Waals surface area contributed by atoms with Crippen LogP contribution in [0, 0.1) is 0 Å². The largest absolute Gasteiger partial charge is 0.0842 e. The van der Waals surface area contributed by atoms with Gasteiger partial charge in [0, 0.05) is 0 Å². The number of allylic oxidation sites excluding steroid dienone is 6. The van der Waals surface area contributed by atoms with Crippen LogP contribution in [0.25, 0.3) is 0 Å². The van der Waals surface area contributed by atoms with Gasteiger partial charge < -0.3 is 0 Å². The zero-order valence-electron chi connectivity index (χ0n) is 4.88. The third kappa shape index (κ3) is 1.78. The highest BCUT2D eigenvalue weighted by atomic mass is 13.8. The second kappa shape index (κ2) is 3.25. The van der Waals surface area contributed by atoms with Crippen molar-refractivity contribution in [2.24, 2.45) is 0 Å². The van der Waals surface area contributed by atoms with Crippen molar-refractivity contribution < 1.29 is 0 Å². The Labute approximate surface area is 50.2 Å². The van der Waals surface area contributed by atoms with E-state index in [-0.39, 0.29) is 0 Å². The molecule has 0 heterocycles. The van der Waals surface area contributed by atoms with E-state index in [1.54, 1.807) is 0 Å². The van der Waals surface area contributed by atoms with E-state index < -0.39 is 0 Å². The summed E-state index contributed by atoms with van der Waals surface area (Å²) in [6.07, 6.45) is 15.0. The smallest absolute Gasteiger partial charge is 0.0313 e. The maximum atomic E-state index is 2.18. The van der Waals surface area contributed by atoms with Gasteiger partial charge in [0.2, 0.25) is 0 Å². The molecular formula is C8H10. The van der Waals surface area contributed by atoms with Gasteiger partial charge in [0.05, 0.1) is 0 Å². The Hall–Kier alpha value is -0.780. The highest BCUT2D eigenvalue weighted by Gasteiger charge is 1.75. The normalized spacial score (nSPS) is 30.0. The molecule has 42 valence electrons. The van der Waals surface area contributed by atoms with E-state index in [4.69, 9.17) is 0 Å². The molecular weight excluding hydrogens is 96.1 g/mol. The molecule has 0 amide bonds.